The Morgan fingerprint density at radius 2 is 1.04 bits per heavy atom. The van der Waals surface area contributed by atoms with Crippen LogP contribution in [0.25, 0.3) is 55.4 Å². The zero-order valence-corrected chi connectivity index (χ0v) is 31.8. The van der Waals surface area contributed by atoms with E-state index in [1.165, 1.54) is 11.1 Å². The Morgan fingerprint density at radius 3 is 1.54 bits per heavy atom. The Hall–Kier alpha value is -6.08. The SMILES string of the molecule is COc1c2nc(cc3[nH]c(cc3-c3ccc(C)cc3)c(-c3cc(C=O)cc(C=O)c3)c3nc(cc4[nH]c1cc4-c1ccc(C)cc1)C(C)(C)C3)C(C)(C)C2. The third-order valence-corrected chi connectivity index (χ3v) is 10.9. The maximum atomic E-state index is 12.2. The number of aldehydes is 2. The number of carbonyl (C=O) groups excluding carboxylic acids is 2. The molecular formula is C47H44N4O3. The van der Waals surface area contributed by atoms with E-state index in [9.17, 15) is 9.59 Å². The van der Waals surface area contributed by atoms with E-state index in [1.807, 2.05) is 12.1 Å². The third kappa shape index (κ3) is 6.23. The highest BCUT2D eigenvalue weighted by molar-refractivity contribution is 5.95. The molecule has 8 bridgehead atoms. The average Bonchev–Trinajstić information content (AvgIpc) is 3.89. The molecule has 54 heavy (non-hydrogen) atoms. The maximum Gasteiger partial charge on any atom is 0.163 e. The van der Waals surface area contributed by atoms with Gasteiger partial charge in [0.1, 0.15) is 12.6 Å². The van der Waals surface area contributed by atoms with Crippen LogP contribution < -0.4 is 4.74 Å². The Kier molecular flexibility index (Phi) is 8.48. The second kappa shape index (κ2) is 13.1. The number of nitrogens with one attached hydrogen (secondary N) is 2. The van der Waals surface area contributed by atoms with Crippen molar-refractivity contribution >= 4 is 34.6 Å². The highest BCUT2D eigenvalue weighted by atomic mass is 16.5. The molecule has 0 aliphatic carbocycles. The summed E-state index contributed by atoms with van der Waals surface area (Å²) in [6, 6.07) is 31.0. The number of carbonyl (C=O) groups is 2. The molecule has 0 saturated heterocycles. The van der Waals surface area contributed by atoms with Crippen LogP contribution in [0.4, 0.5) is 0 Å². The largest absolute Gasteiger partial charge is 0.493 e. The number of H-pyrrole nitrogens is 2. The molecule has 0 spiro atoms. The summed E-state index contributed by atoms with van der Waals surface area (Å²) < 4.78 is 6.18. The fourth-order valence-electron chi connectivity index (χ4n) is 7.88. The number of benzene rings is 3. The van der Waals surface area contributed by atoms with Gasteiger partial charge >= 0.3 is 0 Å². The molecule has 3 aromatic heterocycles. The summed E-state index contributed by atoms with van der Waals surface area (Å²) in [4.78, 5) is 42.6. The van der Waals surface area contributed by atoms with Crippen molar-refractivity contribution in [3.05, 3.63) is 136 Å². The van der Waals surface area contributed by atoms with Crippen molar-refractivity contribution in [2.45, 2.75) is 65.2 Å². The van der Waals surface area contributed by atoms with Gasteiger partial charge in [-0.3, -0.25) is 19.6 Å². The predicted octanol–water partition coefficient (Wildman–Crippen LogP) is 10.6. The Labute approximate surface area is 315 Å². The van der Waals surface area contributed by atoms with E-state index < -0.39 is 0 Å². The lowest BCUT2D eigenvalue weighted by Gasteiger charge is -2.17. The lowest BCUT2D eigenvalue weighted by Crippen LogP contribution is -2.15. The highest BCUT2D eigenvalue weighted by Crippen LogP contribution is 2.42. The quantitative estimate of drug-likeness (QED) is 0.167. The van der Waals surface area contributed by atoms with Crippen molar-refractivity contribution in [2.24, 2.45) is 0 Å². The number of hydrogen-bond donors (Lipinski definition) is 2. The van der Waals surface area contributed by atoms with Crippen LogP contribution in [0.5, 0.6) is 5.75 Å². The van der Waals surface area contributed by atoms with E-state index in [1.54, 1.807) is 13.2 Å². The molecule has 8 rings (SSSR count). The van der Waals surface area contributed by atoms with Crippen LogP contribution in [0, 0.1) is 13.8 Å². The van der Waals surface area contributed by atoms with Crippen molar-refractivity contribution < 1.29 is 14.3 Å². The molecule has 0 atom stereocenters. The van der Waals surface area contributed by atoms with E-state index in [4.69, 9.17) is 14.7 Å². The number of hydrogen-bond acceptors (Lipinski definition) is 5. The molecular weight excluding hydrogens is 669 g/mol. The van der Waals surface area contributed by atoms with Crippen molar-refractivity contribution in [3.8, 4) is 39.1 Å². The van der Waals surface area contributed by atoms with Crippen molar-refractivity contribution in [1.29, 1.82) is 0 Å². The van der Waals surface area contributed by atoms with Gasteiger partial charge in [-0.2, -0.15) is 0 Å². The molecule has 7 heteroatoms. The number of rotatable bonds is 6. The number of nitrogens with zero attached hydrogens (tertiary/aromatic N) is 2. The first-order valence-corrected chi connectivity index (χ1v) is 18.4. The molecule has 0 amide bonds. The summed E-state index contributed by atoms with van der Waals surface area (Å²) in [5, 5.41) is 0. The second-order valence-electron chi connectivity index (χ2n) is 16.1. The van der Waals surface area contributed by atoms with Gasteiger partial charge in [0, 0.05) is 79.4 Å². The maximum absolute atomic E-state index is 12.2. The van der Waals surface area contributed by atoms with Crippen LogP contribution in [-0.4, -0.2) is 39.6 Å². The number of fused-ring (bicyclic) bond motifs is 8. The molecule has 7 nitrogen and oxygen atoms in total. The Balaban J connectivity index is 1.58. The van der Waals surface area contributed by atoms with Crippen LogP contribution >= 0.6 is 0 Å². The van der Waals surface area contributed by atoms with Crippen LogP contribution in [0.1, 0.15) is 82.3 Å². The normalized spacial score (nSPS) is 14.5. The van der Waals surface area contributed by atoms with Gasteiger partial charge < -0.3 is 14.7 Å². The van der Waals surface area contributed by atoms with Gasteiger partial charge in [-0.05, 0) is 73.0 Å². The molecule has 0 radical (unpaired) electrons. The monoisotopic (exact) mass is 712 g/mol. The third-order valence-electron chi connectivity index (χ3n) is 10.9. The summed E-state index contributed by atoms with van der Waals surface area (Å²) in [7, 11) is 1.71. The van der Waals surface area contributed by atoms with Crippen molar-refractivity contribution in [2.75, 3.05) is 7.11 Å². The lowest BCUT2D eigenvalue weighted by molar-refractivity contribution is 0.112. The van der Waals surface area contributed by atoms with Gasteiger partial charge in [0.25, 0.3) is 0 Å². The van der Waals surface area contributed by atoms with Gasteiger partial charge in [0.15, 0.2) is 5.75 Å². The molecule has 5 heterocycles. The number of aromatic amines is 2. The number of aromatic nitrogens is 4. The first-order chi connectivity index (χ1) is 25.8. The summed E-state index contributed by atoms with van der Waals surface area (Å²) >= 11 is 0. The van der Waals surface area contributed by atoms with Gasteiger partial charge in [0.2, 0.25) is 0 Å². The molecule has 2 aliphatic heterocycles. The molecule has 3 aromatic carbocycles. The highest BCUT2D eigenvalue weighted by Gasteiger charge is 2.33. The standard InChI is InChI=1S/C47H44N4O3/c1-27-8-12-31(13-9-27)34-19-38-44(33-17-29(25-52)16-30(18-33)26-53)40-23-46(3,4)42(50-40)22-37-35(32-14-10-28(2)11-15-32)20-39(49-37)45(54-7)41-24-47(5,6)43(51-41)21-36(34)48-38/h8-22,25-26,48-49H,23-24H2,1-7H3. The second-order valence-corrected chi connectivity index (χ2v) is 16.1. The van der Waals surface area contributed by atoms with Gasteiger partial charge in [-0.1, -0.05) is 87.4 Å². The summed E-state index contributed by atoms with van der Waals surface area (Å²) in [5.41, 5.74) is 15.5. The van der Waals surface area contributed by atoms with E-state index in [2.05, 4.69) is 124 Å². The smallest absolute Gasteiger partial charge is 0.163 e. The fourth-order valence-corrected chi connectivity index (χ4v) is 7.88. The van der Waals surface area contributed by atoms with Gasteiger partial charge in [-0.25, -0.2) is 0 Å². The molecule has 6 aromatic rings. The minimum atomic E-state index is -0.349. The minimum Gasteiger partial charge on any atom is -0.493 e. The Morgan fingerprint density at radius 1 is 0.574 bits per heavy atom. The fraction of sp³-hybridized carbons (Fsp3) is 0.234. The summed E-state index contributed by atoms with van der Waals surface area (Å²) in [5.74, 6) is 0.717. The predicted molar refractivity (Wildman–Crippen MR) is 218 cm³/mol. The summed E-state index contributed by atoms with van der Waals surface area (Å²) in [6.07, 6.45) is 2.90. The van der Waals surface area contributed by atoms with Crippen LogP contribution in [0.15, 0.2) is 91.0 Å². The van der Waals surface area contributed by atoms with Crippen LogP contribution in [0.2, 0.25) is 0 Å². The van der Waals surface area contributed by atoms with E-state index >= 15 is 0 Å². The molecule has 2 N–H and O–H groups in total. The molecule has 0 fully saturated rings. The first kappa shape index (κ1) is 35.0. The molecule has 2 aliphatic rings. The first-order valence-electron chi connectivity index (χ1n) is 18.4. The zero-order valence-electron chi connectivity index (χ0n) is 31.8. The van der Waals surface area contributed by atoms with Crippen LogP contribution in [-0.2, 0) is 23.7 Å². The van der Waals surface area contributed by atoms with Crippen molar-refractivity contribution in [1.82, 2.24) is 19.9 Å². The van der Waals surface area contributed by atoms with E-state index in [0.29, 0.717) is 29.7 Å². The zero-order chi connectivity index (χ0) is 37.9. The van der Waals surface area contributed by atoms with Gasteiger partial charge in [-0.15, -0.1) is 0 Å². The Bertz CT molecular complexity index is 2620. The average molecular weight is 713 g/mol. The van der Waals surface area contributed by atoms with E-state index in [0.717, 1.165) is 90.8 Å². The lowest BCUT2D eigenvalue weighted by atomic mass is 9.85. The van der Waals surface area contributed by atoms with E-state index in [-0.39, 0.29) is 10.8 Å². The van der Waals surface area contributed by atoms with Crippen molar-refractivity contribution in [3.63, 3.8) is 0 Å². The van der Waals surface area contributed by atoms with Crippen LogP contribution in [0.3, 0.4) is 0 Å². The number of ether oxygens (including phenoxy) is 1. The van der Waals surface area contributed by atoms with Gasteiger partial charge in [0.05, 0.1) is 24.0 Å². The topological polar surface area (TPSA) is 101 Å². The molecule has 270 valence electrons. The molecule has 0 unspecified atom stereocenters. The number of methoxy groups -OCH3 is 1. The molecule has 0 saturated carbocycles. The summed E-state index contributed by atoms with van der Waals surface area (Å²) in [6.45, 7) is 13.0. The number of aryl methyl sites for hydroxylation is 2. The minimum absolute atomic E-state index is 0.295.